The minimum Gasteiger partial charge on any atom is -0.493 e. The van der Waals surface area contributed by atoms with E-state index < -0.39 is 6.04 Å². The summed E-state index contributed by atoms with van der Waals surface area (Å²) >= 11 is 0. The van der Waals surface area contributed by atoms with E-state index in [0.717, 1.165) is 11.1 Å². The molecule has 0 unspecified atom stereocenters. The van der Waals surface area contributed by atoms with Gasteiger partial charge in [-0.05, 0) is 86.8 Å². The molecule has 0 spiro atoms. The lowest BCUT2D eigenvalue weighted by molar-refractivity contribution is 0.0588. The Morgan fingerprint density at radius 1 is 0.825 bits per heavy atom. The van der Waals surface area contributed by atoms with Crippen LogP contribution in [0.15, 0.2) is 48.5 Å². The zero-order chi connectivity index (χ0) is 28.6. The van der Waals surface area contributed by atoms with Crippen molar-refractivity contribution in [2.45, 2.75) is 33.2 Å². The lowest BCUT2D eigenvalue weighted by Crippen LogP contribution is -2.42. The third-order valence-corrected chi connectivity index (χ3v) is 6.64. The number of benzene rings is 3. The van der Waals surface area contributed by atoms with Crippen LogP contribution in [0.2, 0.25) is 0 Å². The first-order chi connectivity index (χ1) is 19.4. The topological polar surface area (TPSA) is 75.7 Å². The normalized spacial score (nSPS) is 14.2. The highest BCUT2D eigenvalue weighted by molar-refractivity contribution is 5.96. The molecule has 9 heteroatoms. The van der Waals surface area contributed by atoms with Gasteiger partial charge >= 0.3 is 0 Å². The standard InChI is InChI=1S/C31H36FNO7/c1-6-37-28-16-21(17-29(38-7-2)30(28)39-8-3)31(34)33-14-13-20-15-26(35-4)27(36-5)18-24(20)25(33)19-40-23-11-9-22(32)10-12-23/h9-12,15-18,25H,6-8,13-14,19H2,1-5H3/t25-/m0/s1. The first-order valence-corrected chi connectivity index (χ1v) is 13.4. The van der Waals surface area contributed by atoms with E-state index >= 15 is 0 Å². The molecule has 3 aromatic carbocycles. The van der Waals surface area contributed by atoms with Crippen LogP contribution in [0.3, 0.4) is 0 Å². The lowest BCUT2D eigenvalue weighted by Gasteiger charge is -2.38. The molecule has 0 fully saturated rings. The summed E-state index contributed by atoms with van der Waals surface area (Å²) in [6, 6.07) is 12.6. The smallest absolute Gasteiger partial charge is 0.254 e. The molecule has 0 radical (unpaired) electrons. The van der Waals surface area contributed by atoms with Gasteiger partial charge in [-0.3, -0.25) is 4.79 Å². The zero-order valence-corrected chi connectivity index (χ0v) is 23.6. The van der Waals surface area contributed by atoms with E-state index in [-0.39, 0.29) is 18.3 Å². The van der Waals surface area contributed by atoms with Gasteiger partial charge < -0.3 is 33.3 Å². The second-order valence-corrected chi connectivity index (χ2v) is 9.04. The molecule has 1 amide bonds. The molecule has 3 aromatic rings. The van der Waals surface area contributed by atoms with E-state index in [0.29, 0.717) is 72.8 Å². The van der Waals surface area contributed by atoms with Crippen LogP contribution in [0.5, 0.6) is 34.5 Å². The van der Waals surface area contributed by atoms with Crippen molar-refractivity contribution in [2.24, 2.45) is 0 Å². The quantitative estimate of drug-likeness (QED) is 0.278. The van der Waals surface area contributed by atoms with Crippen LogP contribution in [0.25, 0.3) is 0 Å². The van der Waals surface area contributed by atoms with Crippen LogP contribution < -0.4 is 28.4 Å². The molecule has 0 aromatic heterocycles. The Kier molecular flexibility index (Phi) is 9.58. The molecule has 1 atom stereocenters. The van der Waals surface area contributed by atoms with Crippen LogP contribution >= 0.6 is 0 Å². The SMILES string of the molecule is CCOc1cc(C(=O)N2CCc3cc(OC)c(OC)cc3[C@@H]2COc2ccc(F)cc2)cc(OCC)c1OCC. The number of nitrogens with zero attached hydrogens (tertiary/aromatic N) is 1. The average Bonchev–Trinajstić information content (AvgIpc) is 2.97. The van der Waals surface area contributed by atoms with Gasteiger partial charge in [0.1, 0.15) is 18.2 Å². The Morgan fingerprint density at radius 3 is 2.00 bits per heavy atom. The Hall–Kier alpha value is -4.14. The van der Waals surface area contributed by atoms with Crippen molar-refractivity contribution in [3.8, 4) is 34.5 Å². The van der Waals surface area contributed by atoms with Crippen LogP contribution in [0.4, 0.5) is 4.39 Å². The summed E-state index contributed by atoms with van der Waals surface area (Å²) in [6.45, 7) is 7.43. The average molecular weight is 554 g/mol. The van der Waals surface area contributed by atoms with Crippen molar-refractivity contribution in [2.75, 3.05) is 47.2 Å². The zero-order valence-electron chi connectivity index (χ0n) is 23.6. The van der Waals surface area contributed by atoms with Crippen molar-refractivity contribution in [3.05, 3.63) is 71.0 Å². The van der Waals surface area contributed by atoms with E-state index in [9.17, 15) is 9.18 Å². The third kappa shape index (κ3) is 6.19. The minimum atomic E-state index is -0.459. The Morgan fingerprint density at radius 2 is 1.43 bits per heavy atom. The molecule has 0 saturated carbocycles. The summed E-state index contributed by atoms with van der Waals surface area (Å²) in [6.07, 6.45) is 0.613. The number of hydrogen-bond acceptors (Lipinski definition) is 7. The minimum absolute atomic E-state index is 0.146. The van der Waals surface area contributed by atoms with Crippen molar-refractivity contribution in [1.29, 1.82) is 0 Å². The Balaban J connectivity index is 1.75. The number of methoxy groups -OCH3 is 2. The fourth-order valence-corrected chi connectivity index (χ4v) is 4.83. The molecule has 0 bridgehead atoms. The number of carbonyl (C=O) groups is 1. The van der Waals surface area contributed by atoms with E-state index in [1.54, 1.807) is 43.4 Å². The monoisotopic (exact) mass is 553 g/mol. The van der Waals surface area contributed by atoms with Gasteiger partial charge in [0, 0.05) is 12.1 Å². The molecular formula is C31H36FNO7. The van der Waals surface area contributed by atoms with Crippen molar-refractivity contribution >= 4 is 5.91 Å². The first kappa shape index (κ1) is 28.9. The van der Waals surface area contributed by atoms with E-state index in [1.165, 1.54) is 12.1 Å². The maximum absolute atomic E-state index is 14.1. The molecule has 4 rings (SSSR count). The first-order valence-electron chi connectivity index (χ1n) is 13.4. The maximum atomic E-state index is 14.1. The van der Waals surface area contributed by atoms with Gasteiger partial charge in [0.2, 0.25) is 5.75 Å². The van der Waals surface area contributed by atoms with Crippen LogP contribution in [0, 0.1) is 5.82 Å². The van der Waals surface area contributed by atoms with E-state index in [1.807, 2.05) is 32.9 Å². The highest BCUT2D eigenvalue weighted by Crippen LogP contribution is 2.42. The molecule has 8 nitrogen and oxygen atoms in total. The summed E-state index contributed by atoms with van der Waals surface area (Å²) in [7, 11) is 3.17. The van der Waals surface area contributed by atoms with Gasteiger partial charge in [0.15, 0.2) is 23.0 Å². The number of ether oxygens (including phenoxy) is 6. The number of carbonyl (C=O) groups excluding carboxylic acids is 1. The van der Waals surface area contributed by atoms with Gasteiger partial charge in [-0.25, -0.2) is 4.39 Å². The third-order valence-electron chi connectivity index (χ3n) is 6.64. The second-order valence-electron chi connectivity index (χ2n) is 9.04. The molecule has 214 valence electrons. The van der Waals surface area contributed by atoms with Crippen LogP contribution in [-0.4, -0.2) is 58.0 Å². The largest absolute Gasteiger partial charge is 0.493 e. The number of fused-ring (bicyclic) bond motifs is 1. The maximum Gasteiger partial charge on any atom is 0.254 e. The molecule has 40 heavy (non-hydrogen) atoms. The Labute approximate surface area is 234 Å². The molecule has 1 aliphatic heterocycles. The predicted molar refractivity (Wildman–Crippen MR) is 149 cm³/mol. The van der Waals surface area contributed by atoms with E-state index in [2.05, 4.69) is 0 Å². The molecule has 0 aliphatic carbocycles. The molecule has 1 aliphatic rings. The van der Waals surface area contributed by atoms with Crippen molar-refractivity contribution in [3.63, 3.8) is 0 Å². The molecule has 1 heterocycles. The summed E-state index contributed by atoms with van der Waals surface area (Å²) in [5.74, 6) is 2.48. The molecule has 0 N–H and O–H groups in total. The number of hydrogen-bond donors (Lipinski definition) is 0. The highest BCUT2D eigenvalue weighted by atomic mass is 19.1. The Bertz CT molecular complexity index is 1280. The predicted octanol–water partition coefficient (Wildman–Crippen LogP) is 5.86. The number of halogens is 1. The number of amides is 1. The van der Waals surface area contributed by atoms with Gasteiger partial charge in [-0.2, -0.15) is 0 Å². The lowest BCUT2D eigenvalue weighted by atomic mass is 9.91. The summed E-state index contributed by atoms with van der Waals surface area (Å²) in [5.41, 5.74) is 2.33. The van der Waals surface area contributed by atoms with Gasteiger partial charge in [0.25, 0.3) is 5.91 Å². The molecular weight excluding hydrogens is 517 g/mol. The van der Waals surface area contributed by atoms with Gasteiger partial charge in [0.05, 0.1) is 40.1 Å². The van der Waals surface area contributed by atoms with Gasteiger partial charge in [-0.1, -0.05) is 0 Å². The number of rotatable bonds is 12. The summed E-state index contributed by atoms with van der Waals surface area (Å²) in [4.78, 5) is 15.9. The summed E-state index contributed by atoms with van der Waals surface area (Å²) < 4.78 is 48.1. The van der Waals surface area contributed by atoms with Gasteiger partial charge in [-0.15, -0.1) is 0 Å². The highest BCUT2D eigenvalue weighted by Gasteiger charge is 2.34. The fraction of sp³-hybridized carbons (Fsp3) is 0.387. The summed E-state index contributed by atoms with van der Waals surface area (Å²) in [5, 5.41) is 0. The molecule has 0 saturated heterocycles. The fourth-order valence-electron chi connectivity index (χ4n) is 4.83. The van der Waals surface area contributed by atoms with E-state index in [4.69, 9.17) is 28.4 Å². The second kappa shape index (κ2) is 13.3. The van der Waals surface area contributed by atoms with Crippen LogP contribution in [0.1, 0.15) is 48.3 Å². The van der Waals surface area contributed by atoms with Crippen LogP contribution in [-0.2, 0) is 6.42 Å². The van der Waals surface area contributed by atoms with Crippen molar-refractivity contribution in [1.82, 2.24) is 4.90 Å². The van der Waals surface area contributed by atoms with Crippen molar-refractivity contribution < 1.29 is 37.6 Å².